The average molecular weight is 413 g/mol. The number of alkyl halides is 6. The largest absolute Gasteiger partial charge is 0.419 e. The summed E-state index contributed by atoms with van der Waals surface area (Å²) in [7, 11) is 0. The van der Waals surface area contributed by atoms with Crippen molar-refractivity contribution in [2.45, 2.75) is 31.9 Å². The second-order valence-electron chi connectivity index (χ2n) is 6.16. The van der Waals surface area contributed by atoms with Gasteiger partial charge in [0.15, 0.2) is 6.10 Å². The minimum Gasteiger partial charge on any atom is -0.382 e. The Labute approximate surface area is 155 Å². The Bertz CT molecular complexity index is 831. The zero-order valence-corrected chi connectivity index (χ0v) is 14.4. The predicted octanol–water partition coefficient (Wildman–Crippen LogP) is 5.22. The predicted molar refractivity (Wildman–Crippen MR) is 85.7 cm³/mol. The molecule has 2 aromatic carbocycles. The summed E-state index contributed by atoms with van der Waals surface area (Å²) in [6, 6.07) is 6.38. The molecule has 0 aliphatic heterocycles. The molecule has 0 heterocycles. The number of halogens is 8. The number of aryl methyl sites for hydroxylation is 1. The summed E-state index contributed by atoms with van der Waals surface area (Å²) < 4.78 is 105. The van der Waals surface area contributed by atoms with Crippen molar-refractivity contribution in [2.75, 3.05) is 11.4 Å². The topological polar surface area (TPSA) is 23.5 Å². The molecule has 0 saturated heterocycles. The Morgan fingerprint density at radius 3 is 2.18 bits per heavy atom. The van der Waals surface area contributed by atoms with E-state index in [1.54, 1.807) is 13.0 Å². The van der Waals surface area contributed by atoms with Crippen molar-refractivity contribution in [1.82, 2.24) is 0 Å². The number of hydrogen-bond acceptors (Lipinski definition) is 2. The maximum atomic E-state index is 14.3. The fourth-order valence-corrected chi connectivity index (χ4v) is 2.55. The molecule has 2 rings (SSSR count). The molecule has 10 heteroatoms. The van der Waals surface area contributed by atoms with Crippen molar-refractivity contribution in [2.24, 2.45) is 0 Å². The molecule has 1 atom stereocenters. The SMILES string of the molecule is Cc1cccc(N(Cc2c(F)ccc(C(F)(F)F)c2F)CC(O)C(F)(F)F)c1. The first kappa shape index (κ1) is 21.9. The molecule has 0 aliphatic rings. The van der Waals surface area contributed by atoms with Crippen LogP contribution in [0.5, 0.6) is 0 Å². The minimum atomic E-state index is -5.10. The smallest absolute Gasteiger partial charge is 0.382 e. The zero-order valence-electron chi connectivity index (χ0n) is 14.4. The van der Waals surface area contributed by atoms with Crippen LogP contribution in [0.15, 0.2) is 36.4 Å². The summed E-state index contributed by atoms with van der Waals surface area (Å²) >= 11 is 0. The van der Waals surface area contributed by atoms with E-state index in [1.165, 1.54) is 18.2 Å². The zero-order chi connectivity index (χ0) is 21.3. The second kappa shape index (κ2) is 7.94. The molecular formula is C18H15F8NO. The molecule has 2 nitrogen and oxygen atoms in total. The van der Waals surface area contributed by atoms with E-state index < -0.39 is 54.3 Å². The lowest BCUT2D eigenvalue weighted by atomic mass is 10.1. The molecular weight excluding hydrogens is 398 g/mol. The molecule has 2 aromatic rings. The second-order valence-corrected chi connectivity index (χ2v) is 6.16. The normalized spacial score (nSPS) is 13.5. The van der Waals surface area contributed by atoms with E-state index in [4.69, 9.17) is 0 Å². The van der Waals surface area contributed by atoms with Gasteiger partial charge in [-0.15, -0.1) is 0 Å². The van der Waals surface area contributed by atoms with E-state index in [2.05, 4.69) is 0 Å². The molecule has 0 spiro atoms. The minimum absolute atomic E-state index is 0.0551. The molecule has 0 aliphatic carbocycles. The Kier molecular flexibility index (Phi) is 6.22. The monoisotopic (exact) mass is 413 g/mol. The summed E-state index contributed by atoms with van der Waals surface area (Å²) in [5, 5.41) is 9.35. The van der Waals surface area contributed by atoms with Gasteiger partial charge in [-0.1, -0.05) is 12.1 Å². The van der Waals surface area contributed by atoms with Gasteiger partial charge in [-0.3, -0.25) is 0 Å². The molecule has 1 unspecified atom stereocenters. The average Bonchev–Trinajstić information content (AvgIpc) is 2.55. The summed E-state index contributed by atoms with van der Waals surface area (Å²) in [5.41, 5.74) is -2.14. The van der Waals surface area contributed by atoms with Crippen LogP contribution in [0.3, 0.4) is 0 Å². The maximum absolute atomic E-state index is 14.3. The molecule has 0 aromatic heterocycles. The van der Waals surface area contributed by atoms with Crippen LogP contribution in [0.25, 0.3) is 0 Å². The number of hydrogen-bond donors (Lipinski definition) is 1. The first-order chi connectivity index (χ1) is 12.8. The van der Waals surface area contributed by atoms with Gasteiger partial charge < -0.3 is 10.0 Å². The highest BCUT2D eigenvalue weighted by Gasteiger charge is 2.40. The van der Waals surface area contributed by atoms with E-state index in [1.807, 2.05) is 0 Å². The summed E-state index contributed by atoms with van der Waals surface area (Å²) in [6.07, 6.45) is -13.0. The van der Waals surface area contributed by atoms with Crippen LogP contribution < -0.4 is 4.90 Å². The molecule has 0 saturated carbocycles. The van der Waals surface area contributed by atoms with Gasteiger partial charge in [0.2, 0.25) is 0 Å². The standard InChI is InChI=1S/C18H15F8NO/c1-10-3-2-4-11(7-10)27(9-15(28)18(24,25)26)8-12-14(19)6-5-13(16(12)20)17(21,22)23/h2-7,15,28H,8-9H2,1H3. The highest BCUT2D eigenvalue weighted by Crippen LogP contribution is 2.34. The number of aliphatic hydroxyl groups excluding tert-OH is 1. The van der Waals surface area contributed by atoms with Crippen LogP contribution in [-0.2, 0) is 12.7 Å². The van der Waals surface area contributed by atoms with Gasteiger partial charge >= 0.3 is 12.4 Å². The molecule has 0 fully saturated rings. The lowest BCUT2D eigenvalue weighted by molar-refractivity contribution is -0.200. The maximum Gasteiger partial charge on any atom is 0.419 e. The quantitative estimate of drug-likeness (QED) is 0.680. The molecule has 0 amide bonds. The number of benzene rings is 2. The highest BCUT2D eigenvalue weighted by molar-refractivity contribution is 5.49. The molecule has 0 bridgehead atoms. The Morgan fingerprint density at radius 2 is 1.64 bits per heavy atom. The van der Waals surface area contributed by atoms with Crippen molar-refractivity contribution in [1.29, 1.82) is 0 Å². The summed E-state index contributed by atoms with van der Waals surface area (Å²) in [6.45, 7) is -0.465. The van der Waals surface area contributed by atoms with E-state index >= 15 is 0 Å². The van der Waals surface area contributed by atoms with Crippen molar-refractivity contribution in [3.63, 3.8) is 0 Å². The van der Waals surface area contributed by atoms with Crippen molar-refractivity contribution in [3.05, 3.63) is 64.7 Å². The lowest BCUT2D eigenvalue weighted by Crippen LogP contribution is -2.41. The number of rotatable bonds is 5. The third-order valence-corrected chi connectivity index (χ3v) is 3.98. The molecule has 1 N–H and O–H groups in total. The highest BCUT2D eigenvalue weighted by atomic mass is 19.4. The fourth-order valence-electron chi connectivity index (χ4n) is 2.55. The fraction of sp³-hybridized carbons (Fsp3) is 0.333. The molecule has 154 valence electrons. The van der Waals surface area contributed by atoms with E-state index in [9.17, 15) is 40.2 Å². The van der Waals surface area contributed by atoms with Gasteiger partial charge in [0.05, 0.1) is 12.1 Å². The Hall–Kier alpha value is -2.36. The van der Waals surface area contributed by atoms with Crippen LogP contribution in [0.1, 0.15) is 16.7 Å². The number of anilines is 1. The number of nitrogens with zero attached hydrogens (tertiary/aromatic N) is 1. The van der Waals surface area contributed by atoms with E-state index in [0.29, 0.717) is 11.6 Å². The molecule has 28 heavy (non-hydrogen) atoms. The Morgan fingerprint density at radius 1 is 1.00 bits per heavy atom. The third kappa shape index (κ3) is 5.12. The van der Waals surface area contributed by atoms with Crippen LogP contribution in [-0.4, -0.2) is 23.9 Å². The Balaban J connectivity index is 2.48. The van der Waals surface area contributed by atoms with Gasteiger partial charge in [0, 0.05) is 17.8 Å². The van der Waals surface area contributed by atoms with Gasteiger partial charge in [0.25, 0.3) is 0 Å². The van der Waals surface area contributed by atoms with Gasteiger partial charge in [0.1, 0.15) is 11.6 Å². The number of aliphatic hydroxyl groups is 1. The third-order valence-electron chi connectivity index (χ3n) is 3.98. The van der Waals surface area contributed by atoms with Crippen LogP contribution in [0.2, 0.25) is 0 Å². The van der Waals surface area contributed by atoms with Gasteiger partial charge in [-0.05, 0) is 36.8 Å². The molecule has 0 radical (unpaired) electrons. The lowest BCUT2D eigenvalue weighted by Gasteiger charge is -2.29. The van der Waals surface area contributed by atoms with Crippen LogP contribution in [0.4, 0.5) is 40.8 Å². The van der Waals surface area contributed by atoms with Crippen LogP contribution in [0, 0.1) is 18.6 Å². The van der Waals surface area contributed by atoms with Gasteiger partial charge in [-0.2, -0.15) is 26.3 Å². The summed E-state index contributed by atoms with van der Waals surface area (Å²) in [4.78, 5) is 0.771. The van der Waals surface area contributed by atoms with Crippen molar-refractivity contribution >= 4 is 5.69 Å². The van der Waals surface area contributed by atoms with Crippen molar-refractivity contribution in [3.8, 4) is 0 Å². The van der Waals surface area contributed by atoms with E-state index in [-0.39, 0.29) is 11.8 Å². The first-order valence-corrected chi connectivity index (χ1v) is 7.91. The first-order valence-electron chi connectivity index (χ1n) is 7.91. The van der Waals surface area contributed by atoms with Crippen LogP contribution >= 0.6 is 0 Å². The van der Waals surface area contributed by atoms with E-state index in [0.717, 1.165) is 4.90 Å². The van der Waals surface area contributed by atoms with Crippen molar-refractivity contribution < 1.29 is 40.2 Å². The van der Waals surface area contributed by atoms with Gasteiger partial charge in [-0.25, -0.2) is 8.78 Å². The summed E-state index contributed by atoms with van der Waals surface area (Å²) in [5.74, 6) is -3.25.